The Morgan fingerprint density at radius 1 is 0.816 bits per heavy atom. The molecule has 14 heteroatoms. The number of para-hydroxylation sites is 2. The minimum Gasteiger partial charge on any atom is -0.479 e. The number of hydrogen-bond acceptors (Lipinski definition) is 9. The Morgan fingerprint density at radius 3 is 1.84 bits per heavy atom. The van der Waals surface area contributed by atoms with Gasteiger partial charge in [0.05, 0.1) is 17.9 Å². The fourth-order valence-electron chi connectivity index (χ4n) is 6.57. The van der Waals surface area contributed by atoms with Crippen LogP contribution < -0.4 is 4.90 Å². The number of aryl methyl sites for hydroxylation is 1. The van der Waals surface area contributed by atoms with Crippen molar-refractivity contribution in [3.63, 3.8) is 0 Å². The van der Waals surface area contributed by atoms with Crippen LogP contribution in [0.1, 0.15) is 42.0 Å². The highest BCUT2D eigenvalue weighted by atomic mass is 19.1. The van der Waals surface area contributed by atoms with Crippen LogP contribution in [0, 0.1) is 24.5 Å². The zero-order valence-electron chi connectivity index (χ0n) is 26.9. The van der Waals surface area contributed by atoms with Gasteiger partial charge in [-0.05, 0) is 99.3 Å². The SMILES string of the molecule is Cc1nnc2n1-c1ccccc1N(CCCN1CCC(C(O)(c3ccc(F)cc3)c3ccc(F)cc3)CC1)C2.O=C(O)C(O)C(O)C(=O)O. The molecule has 0 spiro atoms. The van der Waals surface area contributed by atoms with Crippen molar-refractivity contribution in [1.82, 2.24) is 19.7 Å². The molecule has 4 aromatic rings. The molecule has 0 bridgehead atoms. The van der Waals surface area contributed by atoms with Crippen molar-refractivity contribution >= 4 is 17.6 Å². The number of fused-ring (bicyclic) bond motifs is 3. The van der Waals surface area contributed by atoms with Crippen LogP contribution in [0.2, 0.25) is 0 Å². The number of rotatable bonds is 10. The van der Waals surface area contributed by atoms with E-state index >= 15 is 0 Å². The highest BCUT2D eigenvalue weighted by Crippen LogP contribution is 2.42. The lowest BCUT2D eigenvalue weighted by atomic mass is 9.72. The predicted molar refractivity (Wildman–Crippen MR) is 174 cm³/mol. The van der Waals surface area contributed by atoms with Crippen molar-refractivity contribution in [3.05, 3.63) is 107 Å². The lowest BCUT2D eigenvalue weighted by molar-refractivity contribution is -0.165. The molecule has 0 radical (unpaired) electrons. The van der Waals surface area contributed by atoms with Crippen LogP contribution in [-0.2, 0) is 21.7 Å². The van der Waals surface area contributed by atoms with E-state index in [9.17, 15) is 23.5 Å². The summed E-state index contributed by atoms with van der Waals surface area (Å²) in [5.41, 5.74) is 2.30. The van der Waals surface area contributed by atoms with Gasteiger partial charge in [0.15, 0.2) is 18.0 Å². The van der Waals surface area contributed by atoms with Crippen LogP contribution in [0.5, 0.6) is 0 Å². The molecule has 2 aliphatic heterocycles. The maximum Gasteiger partial charge on any atom is 0.335 e. The second kappa shape index (κ2) is 15.2. The van der Waals surface area contributed by atoms with Crippen molar-refractivity contribution in [2.24, 2.45) is 5.92 Å². The maximum absolute atomic E-state index is 13.7. The summed E-state index contributed by atoms with van der Waals surface area (Å²) in [4.78, 5) is 24.4. The van der Waals surface area contributed by atoms with Crippen LogP contribution >= 0.6 is 0 Å². The number of anilines is 1. The molecule has 1 saturated heterocycles. The Morgan fingerprint density at radius 2 is 1.33 bits per heavy atom. The number of carboxylic acids is 2. The first-order chi connectivity index (χ1) is 23.4. The number of hydrogen-bond donors (Lipinski definition) is 5. The first-order valence-electron chi connectivity index (χ1n) is 15.9. The number of nitrogens with zero attached hydrogens (tertiary/aromatic N) is 5. The van der Waals surface area contributed by atoms with Gasteiger partial charge in [-0.1, -0.05) is 36.4 Å². The Balaban J connectivity index is 0.000000409. The molecular formula is C35H39F2N5O7. The molecule has 5 N–H and O–H groups in total. The summed E-state index contributed by atoms with van der Waals surface area (Å²) in [6.45, 7) is 6.32. The summed E-state index contributed by atoms with van der Waals surface area (Å²) < 4.78 is 29.5. The van der Waals surface area contributed by atoms with Gasteiger partial charge < -0.3 is 35.3 Å². The van der Waals surface area contributed by atoms with Gasteiger partial charge in [-0.25, -0.2) is 18.4 Å². The zero-order valence-corrected chi connectivity index (χ0v) is 26.9. The highest BCUT2D eigenvalue weighted by molar-refractivity contribution is 5.83. The Hall–Kier alpha value is -4.76. The minimum atomic E-state index is -2.27. The molecule has 2 aliphatic rings. The van der Waals surface area contributed by atoms with Crippen LogP contribution in [0.3, 0.4) is 0 Å². The molecule has 1 fully saturated rings. The summed E-state index contributed by atoms with van der Waals surface area (Å²) >= 11 is 0. The smallest absolute Gasteiger partial charge is 0.335 e. The Kier molecular flexibility index (Phi) is 11.0. The zero-order chi connectivity index (χ0) is 35.3. The summed E-state index contributed by atoms with van der Waals surface area (Å²) in [6.07, 6.45) is -1.94. The third-order valence-electron chi connectivity index (χ3n) is 9.14. The van der Waals surface area contributed by atoms with Crippen LogP contribution in [-0.4, -0.2) is 95.5 Å². The number of aliphatic carboxylic acids is 2. The van der Waals surface area contributed by atoms with Gasteiger partial charge in [-0.15, -0.1) is 10.2 Å². The maximum atomic E-state index is 13.7. The number of carbonyl (C=O) groups is 2. The van der Waals surface area contributed by atoms with E-state index in [2.05, 4.69) is 48.8 Å². The molecule has 3 heterocycles. The molecule has 6 rings (SSSR count). The minimum absolute atomic E-state index is 0.0618. The number of aliphatic hydroxyl groups is 3. The number of likely N-dealkylation sites (tertiary alicyclic amines) is 1. The topological polar surface area (TPSA) is 172 Å². The standard InChI is InChI=1S/C31H33F2N5O.C4H6O6/c1-22-34-35-30-21-37(28-5-2-3-6-29(28)38(22)30)18-4-17-36-19-15-25(16-20-36)31(39,23-7-11-26(32)12-8-23)24-9-13-27(33)14-10-24;5-1(3(7)8)2(6)4(9)10/h2-3,5-14,25,39H,4,15-21H2,1H3;1-2,5-6H,(H,7,8)(H,9,10). The van der Waals surface area contributed by atoms with Gasteiger partial charge >= 0.3 is 11.9 Å². The molecular weight excluding hydrogens is 640 g/mol. The van der Waals surface area contributed by atoms with Gasteiger partial charge in [-0.2, -0.15) is 0 Å². The molecule has 2 atom stereocenters. The number of aromatic nitrogens is 3. The normalized spacial score (nSPS) is 16.2. The first-order valence-corrected chi connectivity index (χ1v) is 15.9. The first kappa shape index (κ1) is 35.5. The van der Waals surface area contributed by atoms with E-state index in [4.69, 9.17) is 20.4 Å². The van der Waals surface area contributed by atoms with Crippen molar-refractivity contribution in [3.8, 4) is 5.69 Å². The highest BCUT2D eigenvalue weighted by Gasteiger charge is 2.41. The van der Waals surface area contributed by atoms with E-state index in [1.165, 1.54) is 30.0 Å². The van der Waals surface area contributed by atoms with Crippen molar-refractivity contribution in [2.75, 3.05) is 31.1 Å². The van der Waals surface area contributed by atoms with Crippen LogP contribution in [0.15, 0.2) is 72.8 Å². The molecule has 3 aromatic carbocycles. The average Bonchev–Trinajstić information content (AvgIpc) is 3.48. The van der Waals surface area contributed by atoms with Crippen LogP contribution in [0.25, 0.3) is 5.69 Å². The lowest BCUT2D eigenvalue weighted by Gasteiger charge is -2.42. The van der Waals surface area contributed by atoms with E-state index in [1.807, 2.05) is 6.92 Å². The molecule has 0 saturated carbocycles. The molecule has 49 heavy (non-hydrogen) atoms. The number of halogens is 2. The largest absolute Gasteiger partial charge is 0.479 e. The number of benzene rings is 3. The molecule has 2 unspecified atom stereocenters. The summed E-state index contributed by atoms with van der Waals surface area (Å²) in [7, 11) is 0. The molecule has 0 aliphatic carbocycles. The Bertz CT molecular complexity index is 1680. The molecule has 0 amide bonds. The lowest BCUT2D eigenvalue weighted by Crippen LogP contribution is -2.45. The fourth-order valence-corrected chi connectivity index (χ4v) is 6.57. The number of carboxylic acid groups (broad SMARTS) is 2. The summed E-state index contributed by atoms with van der Waals surface area (Å²) in [5.74, 6) is -2.42. The third-order valence-corrected chi connectivity index (χ3v) is 9.14. The van der Waals surface area contributed by atoms with Gasteiger partial charge in [-0.3, -0.25) is 4.57 Å². The predicted octanol–water partition coefficient (Wildman–Crippen LogP) is 3.09. The number of aliphatic hydroxyl groups excluding tert-OH is 2. The monoisotopic (exact) mass is 679 g/mol. The van der Waals surface area contributed by atoms with Gasteiger partial charge in [0.2, 0.25) is 0 Å². The summed E-state index contributed by atoms with van der Waals surface area (Å²) in [6, 6.07) is 20.5. The fraction of sp³-hybridized carbons (Fsp3) is 0.371. The molecule has 260 valence electrons. The summed E-state index contributed by atoms with van der Waals surface area (Å²) in [5, 5.41) is 53.3. The van der Waals surface area contributed by atoms with E-state index in [0.29, 0.717) is 11.1 Å². The van der Waals surface area contributed by atoms with Gasteiger partial charge in [0, 0.05) is 6.54 Å². The second-order valence-corrected chi connectivity index (χ2v) is 12.2. The van der Waals surface area contributed by atoms with E-state index in [1.54, 1.807) is 24.3 Å². The average molecular weight is 680 g/mol. The quantitative estimate of drug-likeness (QED) is 0.167. The van der Waals surface area contributed by atoms with Gasteiger partial charge in [0.25, 0.3) is 0 Å². The molecule has 1 aromatic heterocycles. The number of piperidine rings is 1. The van der Waals surface area contributed by atoms with Crippen molar-refractivity contribution < 1.29 is 43.9 Å². The third kappa shape index (κ3) is 7.78. The second-order valence-electron chi connectivity index (χ2n) is 12.2. The van der Waals surface area contributed by atoms with Crippen LogP contribution in [0.4, 0.5) is 14.5 Å². The van der Waals surface area contributed by atoms with Crippen molar-refractivity contribution in [2.45, 2.75) is 50.5 Å². The Labute approximate surface area is 281 Å². The van der Waals surface area contributed by atoms with E-state index in [-0.39, 0.29) is 17.6 Å². The van der Waals surface area contributed by atoms with E-state index in [0.717, 1.165) is 69.3 Å². The van der Waals surface area contributed by atoms with Gasteiger partial charge in [0.1, 0.15) is 23.1 Å². The van der Waals surface area contributed by atoms with E-state index < -0.39 is 29.7 Å². The molecule has 12 nitrogen and oxygen atoms in total. The van der Waals surface area contributed by atoms with Crippen molar-refractivity contribution in [1.29, 1.82) is 0 Å².